The Morgan fingerprint density at radius 1 is 1.05 bits per heavy atom. The molecular weight excluding hydrogens is 292 g/mol. The summed E-state index contributed by atoms with van der Waals surface area (Å²) in [6.45, 7) is 0.874. The molecule has 1 amide bonds. The van der Waals surface area contributed by atoms with Crippen LogP contribution in [0.1, 0.15) is 22.8 Å². The molecule has 0 aliphatic heterocycles. The lowest BCUT2D eigenvalue weighted by molar-refractivity contribution is -0.167. The van der Waals surface area contributed by atoms with E-state index < -0.39 is 40.9 Å². The molecule has 0 radical (unpaired) electrons. The van der Waals surface area contributed by atoms with E-state index in [1.807, 2.05) is 0 Å². The molecule has 0 spiro atoms. The van der Waals surface area contributed by atoms with Crippen molar-refractivity contribution in [3.05, 3.63) is 29.3 Å². The summed E-state index contributed by atoms with van der Waals surface area (Å²) in [7, 11) is 0. The molecule has 1 aromatic rings. The van der Waals surface area contributed by atoms with Crippen molar-refractivity contribution in [2.75, 3.05) is 5.32 Å². The zero-order chi connectivity index (χ0) is 15.7. The second kappa shape index (κ2) is 5.14. The van der Waals surface area contributed by atoms with Gasteiger partial charge in [-0.1, -0.05) is 0 Å². The van der Waals surface area contributed by atoms with Crippen molar-refractivity contribution >= 4 is 17.4 Å². The monoisotopic (exact) mass is 299 g/mol. The summed E-state index contributed by atoms with van der Waals surface area (Å²) in [6.07, 6.45) is -9.96. The van der Waals surface area contributed by atoms with Gasteiger partial charge in [0.2, 0.25) is 0 Å². The molecule has 1 rings (SSSR count). The molecule has 0 saturated carbocycles. The van der Waals surface area contributed by atoms with Gasteiger partial charge in [0.1, 0.15) is 0 Å². The van der Waals surface area contributed by atoms with E-state index in [9.17, 15) is 35.9 Å². The fraction of sp³-hybridized carbons (Fsp3) is 0.273. The number of alkyl halides is 6. The normalized spacial score (nSPS) is 12.2. The number of hydrogen-bond donors (Lipinski definition) is 1. The highest BCUT2D eigenvalue weighted by Crippen LogP contribution is 2.32. The zero-order valence-corrected chi connectivity index (χ0v) is 9.82. The van der Waals surface area contributed by atoms with Crippen molar-refractivity contribution in [1.29, 1.82) is 0 Å². The average molecular weight is 299 g/mol. The number of Topliss-reactive ketones (excluding diaryl/α,β-unsaturated/α-hetero) is 1. The molecule has 1 aromatic carbocycles. The van der Waals surface area contributed by atoms with Crippen LogP contribution in [0.25, 0.3) is 0 Å². The minimum atomic E-state index is -5.21. The Balaban J connectivity index is 3.22. The van der Waals surface area contributed by atoms with E-state index in [2.05, 4.69) is 0 Å². The second-order valence-corrected chi connectivity index (χ2v) is 3.77. The number of anilines is 1. The van der Waals surface area contributed by atoms with Crippen LogP contribution in [0.5, 0.6) is 0 Å². The van der Waals surface area contributed by atoms with Gasteiger partial charge in [0.05, 0.1) is 11.3 Å². The van der Waals surface area contributed by atoms with E-state index in [-0.39, 0.29) is 0 Å². The minimum absolute atomic E-state index is 0.383. The number of rotatable bonds is 2. The van der Waals surface area contributed by atoms with Crippen LogP contribution in [0.3, 0.4) is 0 Å². The molecule has 3 nitrogen and oxygen atoms in total. The van der Waals surface area contributed by atoms with Crippen molar-refractivity contribution in [3.63, 3.8) is 0 Å². The van der Waals surface area contributed by atoms with Crippen LogP contribution in [-0.4, -0.2) is 17.9 Å². The number of amides is 1. The Labute approximate surface area is 108 Å². The van der Waals surface area contributed by atoms with Gasteiger partial charge >= 0.3 is 18.3 Å². The first kappa shape index (κ1) is 16.0. The SMILES string of the molecule is CC(=O)c1cc(C(F)(F)F)ccc1NC(=O)C(F)(F)F. The molecule has 0 saturated heterocycles. The lowest BCUT2D eigenvalue weighted by Gasteiger charge is -2.13. The van der Waals surface area contributed by atoms with Crippen LogP contribution in [0.4, 0.5) is 32.0 Å². The first-order valence-electron chi connectivity index (χ1n) is 5.03. The smallest absolute Gasteiger partial charge is 0.318 e. The fourth-order valence-corrected chi connectivity index (χ4v) is 1.31. The van der Waals surface area contributed by atoms with Crippen LogP contribution in [0.2, 0.25) is 0 Å². The van der Waals surface area contributed by atoms with E-state index in [0.29, 0.717) is 18.2 Å². The third-order valence-electron chi connectivity index (χ3n) is 2.23. The Kier molecular flexibility index (Phi) is 4.11. The van der Waals surface area contributed by atoms with E-state index >= 15 is 0 Å². The van der Waals surface area contributed by atoms with Crippen LogP contribution in [-0.2, 0) is 11.0 Å². The molecule has 20 heavy (non-hydrogen) atoms. The third-order valence-corrected chi connectivity index (χ3v) is 2.23. The van der Waals surface area contributed by atoms with E-state index in [1.54, 1.807) is 0 Å². The summed E-state index contributed by atoms with van der Waals surface area (Å²) in [4.78, 5) is 21.9. The number of hydrogen-bond acceptors (Lipinski definition) is 2. The largest absolute Gasteiger partial charge is 0.471 e. The summed E-state index contributed by atoms with van der Waals surface area (Å²) < 4.78 is 73.5. The maximum atomic E-state index is 12.4. The molecule has 0 aliphatic rings. The summed E-state index contributed by atoms with van der Waals surface area (Å²) >= 11 is 0. The highest BCUT2D eigenvalue weighted by Gasteiger charge is 2.39. The quantitative estimate of drug-likeness (QED) is 0.672. The van der Waals surface area contributed by atoms with Gasteiger partial charge in [-0.2, -0.15) is 26.3 Å². The highest BCUT2D eigenvalue weighted by molar-refractivity contribution is 6.05. The molecule has 110 valence electrons. The standard InChI is InChI=1S/C11H7F6NO2/c1-5(19)7-4-6(10(12,13)14)2-3-8(7)18-9(20)11(15,16)17/h2-4H,1H3,(H,18,20). The Morgan fingerprint density at radius 2 is 1.60 bits per heavy atom. The van der Waals surface area contributed by atoms with E-state index in [1.165, 1.54) is 5.32 Å². The van der Waals surface area contributed by atoms with Gasteiger partial charge in [-0.15, -0.1) is 0 Å². The first-order valence-corrected chi connectivity index (χ1v) is 5.03. The maximum absolute atomic E-state index is 12.4. The number of halogens is 6. The number of nitrogens with one attached hydrogen (secondary N) is 1. The molecule has 1 N–H and O–H groups in total. The number of carbonyl (C=O) groups is 2. The molecule has 0 aromatic heterocycles. The lowest BCUT2D eigenvalue weighted by Crippen LogP contribution is -2.30. The van der Waals surface area contributed by atoms with Gasteiger partial charge in [-0.25, -0.2) is 0 Å². The van der Waals surface area contributed by atoms with Gasteiger partial charge < -0.3 is 5.32 Å². The van der Waals surface area contributed by atoms with Gasteiger partial charge in [0.15, 0.2) is 5.78 Å². The van der Waals surface area contributed by atoms with Gasteiger partial charge in [0.25, 0.3) is 0 Å². The Morgan fingerprint density at radius 3 is 2.00 bits per heavy atom. The second-order valence-electron chi connectivity index (χ2n) is 3.77. The number of benzene rings is 1. The zero-order valence-electron chi connectivity index (χ0n) is 9.82. The topological polar surface area (TPSA) is 46.2 Å². The van der Waals surface area contributed by atoms with Gasteiger partial charge in [-0.05, 0) is 25.1 Å². The third kappa shape index (κ3) is 3.72. The van der Waals surface area contributed by atoms with Crippen LogP contribution in [0, 0.1) is 0 Å². The number of ketones is 1. The van der Waals surface area contributed by atoms with Gasteiger partial charge in [-0.3, -0.25) is 9.59 Å². The predicted octanol–water partition coefficient (Wildman–Crippen LogP) is 3.41. The lowest BCUT2D eigenvalue weighted by atomic mass is 10.0. The van der Waals surface area contributed by atoms with Crippen molar-refractivity contribution < 1.29 is 35.9 Å². The Hall–Kier alpha value is -2.06. The highest BCUT2D eigenvalue weighted by atomic mass is 19.4. The Bertz CT molecular complexity index is 547. The molecular formula is C11H7F6NO2. The molecule has 0 aliphatic carbocycles. The molecule has 0 bridgehead atoms. The molecule has 0 fully saturated rings. The van der Waals surface area contributed by atoms with Crippen molar-refractivity contribution in [1.82, 2.24) is 0 Å². The van der Waals surface area contributed by atoms with Crippen molar-refractivity contribution in [3.8, 4) is 0 Å². The molecule has 0 heterocycles. The summed E-state index contributed by atoms with van der Waals surface area (Å²) in [5.74, 6) is -3.28. The van der Waals surface area contributed by atoms with Crippen molar-refractivity contribution in [2.24, 2.45) is 0 Å². The van der Waals surface area contributed by atoms with Crippen LogP contribution in [0.15, 0.2) is 18.2 Å². The van der Waals surface area contributed by atoms with Gasteiger partial charge in [0, 0.05) is 5.56 Å². The maximum Gasteiger partial charge on any atom is 0.471 e. The summed E-state index contributed by atoms with van der Waals surface area (Å²) in [5, 5.41) is 1.36. The van der Waals surface area contributed by atoms with Crippen LogP contribution >= 0.6 is 0 Å². The van der Waals surface area contributed by atoms with Crippen LogP contribution < -0.4 is 5.32 Å². The first-order chi connectivity index (χ1) is 8.93. The average Bonchev–Trinajstić information content (AvgIpc) is 2.26. The summed E-state index contributed by atoms with van der Waals surface area (Å²) in [5.41, 5.74) is -2.49. The van der Waals surface area contributed by atoms with Crippen molar-refractivity contribution in [2.45, 2.75) is 19.3 Å². The molecule has 0 unspecified atom stereocenters. The predicted molar refractivity (Wildman–Crippen MR) is 56.1 cm³/mol. The number of carbonyl (C=O) groups excluding carboxylic acids is 2. The fourth-order valence-electron chi connectivity index (χ4n) is 1.31. The van der Waals surface area contributed by atoms with E-state index in [4.69, 9.17) is 0 Å². The van der Waals surface area contributed by atoms with E-state index in [0.717, 1.165) is 6.92 Å². The molecule has 9 heteroatoms. The summed E-state index contributed by atoms with van der Waals surface area (Å²) in [6, 6.07) is 1.45. The molecule has 0 atom stereocenters. The minimum Gasteiger partial charge on any atom is -0.318 e.